The van der Waals surface area contributed by atoms with Gasteiger partial charge >= 0.3 is 0 Å². The van der Waals surface area contributed by atoms with Crippen molar-refractivity contribution in [2.24, 2.45) is 0 Å². The molecule has 13 heavy (non-hydrogen) atoms. The zero-order valence-corrected chi connectivity index (χ0v) is 8.40. The normalized spacial score (nSPS) is 12.6. The molecule has 2 rings (SSSR count). The van der Waals surface area contributed by atoms with Crippen LogP contribution in [0.4, 0.5) is 0 Å². The second-order valence-electron chi connectivity index (χ2n) is 2.81. The molecule has 0 amide bonds. The molecule has 1 aliphatic carbocycles. The predicted octanol–water partition coefficient (Wildman–Crippen LogP) is 4.59. The smallest absolute Gasteiger partial charge is 0.00141 e. The second kappa shape index (κ2) is 6.67. The van der Waals surface area contributed by atoms with Crippen LogP contribution in [-0.4, -0.2) is 0 Å². The minimum atomic E-state index is 0. The van der Waals surface area contributed by atoms with Crippen LogP contribution in [0.5, 0.6) is 0 Å². The van der Waals surface area contributed by atoms with Gasteiger partial charge in [0.25, 0.3) is 0 Å². The summed E-state index contributed by atoms with van der Waals surface area (Å²) in [4.78, 5) is 1.38. The lowest BCUT2D eigenvalue weighted by molar-refractivity contribution is 1.42. The molecule has 1 heteroatoms. The molecule has 0 saturated carbocycles. The molecule has 0 nitrogen and oxygen atoms in total. The Bertz CT molecular complexity index is 263. The van der Waals surface area contributed by atoms with Gasteiger partial charge in [-0.3, -0.25) is 0 Å². The molecule has 0 saturated heterocycles. The number of hydrogen-bond donors (Lipinski definition) is 0. The zero-order chi connectivity index (χ0) is 8.81. The van der Waals surface area contributed by atoms with E-state index in [1.165, 1.54) is 10.5 Å². The highest BCUT2D eigenvalue weighted by atomic mass is 32.1. The van der Waals surface area contributed by atoms with Gasteiger partial charge in [-0.05, 0) is 31.7 Å². The van der Waals surface area contributed by atoms with Crippen molar-refractivity contribution in [2.75, 3.05) is 0 Å². The topological polar surface area (TPSA) is 0 Å². The van der Waals surface area contributed by atoms with Crippen LogP contribution in [0.2, 0.25) is 0 Å². The molecule has 0 N–H and O–H groups in total. The predicted molar refractivity (Wildman–Crippen MR) is 63.3 cm³/mol. The summed E-state index contributed by atoms with van der Waals surface area (Å²) in [5.41, 5.74) is 1.40. The van der Waals surface area contributed by atoms with Gasteiger partial charge in [0, 0.05) is 4.88 Å². The average Bonchev–Trinajstić information content (AvgIpc) is 2.63. The highest BCUT2D eigenvalue weighted by Gasteiger charge is 1.84. The lowest BCUT2D eigenvalue weighted by atomic mass is 10.3. The fraction of sp³-hybridized carbons (Fsp3) is 0.333. The molecule has 0 atom stereocenters. The first-order valence-electron chi connectivity index (χ1n) is 4.12. The molecular weight excluding hydrogens is 176 g/mol. The molecule has 0 fully saturated rings. The first-order valence-corrected chi connectivity index (χ1v) is 5.00. The first kappa shape index (κ1) is 12.2. The van der Waals surface area contributed by atoms with Crippen molar-refractivity contribution in [3.63, 3.8) is 0 Å². The number of hydrogen-bond acceptors (Lipinski definition) is 1. The largest absolute Gasteiger partial charge is 0.149 e. The fourth-order valence-electron chi connectivity index (χ4n) is 0.937. The number of thiophene rings is 1. The van der Waals surface area contributed by atoms with Gasteiger partial charge < -0.3 is 0 Å². The van der Waals surface area contributed by atoms with Crippen molar-refractivity contribution in [3.05, 3.63) is 46.2 Å². The second-order valence-corrected chi connectivity index (χ2v) is 3.96. The molecular formula is C12H18S. The van der Waals surface area contributed by atoms with Crippen LogP contribution in [0, 0.1) is 6.92 Å². The molecule has 1 aromatic heterocycles. The van der Waals surface area contributed by atoms with E-state index in [9.17, 15) is 0 Å². The van der Waals surface area contributed by atoms with Gasteiger partial charge in [-0.2, -0.15) is 0 Å². The van der Waals surface area contributed by atoms with E-state index < -0.39 is 0 Å². The standard InChI is InChI=1S/C6H8.C5H6S.CH4/c1-6-4-2-3-5-6;1-5-3-2-4-6-5;/h2,4-5H,3H2,1H3;2-4H,1H3;1H4. The van der Waals surface area contributed by atoms with Gasteiger partial charge in [-0.15, -0.1) is 11.3 Å². The molecule has 0 spiro atoms. The highest BCUT2D eigenvalue weighted by Crippen LogP contribution is 2.05. The van der Waals surface area contributed by atoms with E-state index >= 15 is 0 Å². The lowest BCUT2D eigenvalue weighted by Gasteiger charge is -1.72. The highest BCUT2D eigenvalue weighted by molar-refractivity contribution is 7.09. The Morgan fingerprint density at radius 3 is 2.23 bits per heavy atom. The molecule has 1 aliphatic rings. The maximum absolute atomic E-state index is 2.21. The van der Waals surface area contributed by atoms with Gasteiger partial charge in [-0.1, -0.05) is 37.3 Å². The molecule has 0 radical (unpaired) electrons. The number of aryl methyl sites for hydroxylation is 1. The Morgan fingerprint density at radius 1 is 1.31 bits per heavy atom. The Balaban J connectivity index is 0.000000206. The summed E-state index contributed by atoms with van der Waals surface area (Å²) < 4.78 is 0. The van der Waals surface area contributed by atoms with E-state index in [1.807, 2.05) is 0 Å². The van der Waals surface area contributed by atoms with E-state index in [4.69, 9.17) is 0 Å². The van der Waals surface area contributed by atoms with Crippen molar-refractivity contribution in [1.82, 2.24) is 0 Å². The molecule has 0 aromatic carbocycles. The Hall–Kier alpha value is -0.820. The quantitative estimate of drug-likeness (QED) is 0.567. The number of rotatable bonds is 0. The van der Waals surface area contributed by atoms with Gasteiger partial charge in [0.15, 0.2) is 0 Å². The molecule has 1 heterocycles. The van der Waals surface area contributed by atoms with Crippen molar-refractivity contribution in [3.8, 4) is 0 Å². The summed E-state index contributed by atoms with van der Waals surface area (Å²) in [6.07, 6.45) is 7.65. The van der Waals surface area contributed by atoms with E-state index in [0.29, 0.717) is 0 Å². The third-order valence-corrected chi connectivity index (χ3v) is 2.42. The van der Waals surface area contributed by atoms with Crippen molar-refractivity contribution < 1.29 is 0 Å². The zero-order valence-electron chi connectivity index (χ0n) is 7.58. The summed E-state index contributed by atoms with van der Waals surface area (Å²) in [6.45, 7) is 4.22. The van der Waals surface area contributed by atoms with Crippen molar-refractivity contribution >= 4 is 11.3 Å². The van der Waals surface area contributed by atoms with Crippen LogP contribution in [0.15, 0.2) is 41.3 Å². The Labute approximate surface area is 85.6 Å². The summed E-state index contributed by atoms with van der Waals surface area (Å²) in [5, 5.41) is 2.08. The van der Waals surface area contributed by atoms with E-state index in [1.54, 1.807) is 11.3 Å². The molecule has 0 unspecified atom stereocenters. The first-order chi connectivity index (χ1) is 5.79. The van der Waals surface area contributed by atoms with Crippen LogP contribution >= 0.6 is 11.3 Å². The summed E-state index contributed by atoms with van der Waals surface area (Å²) in [7, 11) is 0. The Morgan fingerprint density at radius 2 is 2.08 bits per heavy atom. The molecule has 72 valence electrons. The maximum atomic E-state index is 2.21. The number of allylic oxidation sites excluding steroid dienone is 4. The minimum Gasteiger partial charge on any atom is -0.149 e. The van der Waals surface area contributed by atoms with Crippen LogP contribution in [0.25, 0.3) is 0 Å². The van der Waals surface area contributed by atoms with Crippen LogP contribution < -0.4 is 0 Å². The van der Waals surface area contributed by atoms with Crippen molar-refractivity contribution in [1.29, 1.82) is 0 Å². The monoisotopic (exact) mass is 194 g/mol. The van der Waals surface area contributed by atoms with E-state index in [-0.39, 0.29) is 7.43 Å². The maximum Gasteiger partial charge on any atom is 0.00141 e. The Kier molecular flexibility index (Phi) is 6.25. The average molecular weight is 194 g/mol. The van der Waals surface area contributed by atoms with Gasteiger partial charge in [-0.25, -0.2) is 0 Å². The van der Waals surface area contributed by atoms with Crippen LogP contribution in [-0.2, 0) is 0 Å². The SMILES string of the molecule is C.CC1=CCC=C1.Cc1cccs1. The third-order valence-electron chi connectivity index (χ3n) is 1.62. The minimum absolute atomic E-state index is 0. The van der Waals surface area contributed by atoms with Crippen LogP contribution in [0.1, 0.15) is 25.6 Å². The fourth-order valence-corrected chi connectivity index (χ4v) is 1.47. The summed E-state index contributed by atoms with van der Waals surface area (Å²) in [5.74, 6) is 0. The molecule has 1 aromatic rings. The summed E-state index contributed by atoms with van der Waals surface area (Å²) in [6, 6.07) is 4.16. The van der Waals surface area contributed by atoms with Gasteiger partial charge in [0.05, 0.1) is 0 Å². The van der Waals surface area contributed by atoms with Crippen LogP contribution in [0.3, 0.4) is 0 Å². The lowest BCUT2D eigenvalue weighted by Crippen LogP contribution is -1.51. The third kappa shape index (κ3) is 5.42. The van der Waals surface area contributed by atoms with Crippen molar-refractivity contribution in [2.45, 2.75) is 27.7 Å². The van der Waals surface area contributed by atoms with E-state index in [2.05, 4.69) is 49.6 Å². The molecule has 0 bridgehead atoms. The van der Waals surface area contributed by atoms with Gasteiger partial charge in [0.1, 0.15) is 0 Å². The van der Waals surface area contributed by atoms with Gasteiger partial charge in [0.2, 0.25) is 0 Å². The summed E-state index contributed by atoms with van der Waals surface area (Å²) >= 11 is 1.78. The van der Waals surface area contributed by atoms with E-state index in [0.717, 1.165) is 6.42 Å². The molecule has 0 aliphatic heterocycles.